The molecule has 0 radical (unpaired) electrons. The minimum Gasteiger partial charge on any atom is -0.267 e. The molecule has 4 nitrogen and oxygen atoms in total. The lowest BCUT2D eigenvalue weighted by molar-refractivity contribution is 0.570. The third-order valence-electron chi connectivity index (χ3n) is 3.53. The molecule has 0 saturated carbocycles. The van der Waals surface area contributed by atoms with Gasteiger partial charge < -0.3 is 0 Å². The van der Waals surface area contributed by atoms with Crippen LogP contribution in [0.2, 0.25) is 0 Å². The smallest absolute Gasteiger partial charge is 0.267 e. The van der Waals surface area contributed by atoms with E-state index in [2.05, 4.69) is 21.0 Å². The molecule has 0 aliphatic rings. The zero-order chi connectivity index (χ0) is 16.4. The van der Waals surface area contributed by atoms with Gasteiger partial charge in [0.05, 0.1) is 30.1 Å². The van der Waals surface area contributed by atoms with Gasteiger partial charge in [-0.15, -0.1) is 0 Å². The van der Waals surface area contributed by atoms with Crippen molar-refractivity contribution in [2.24, 2.45) is 0 Å². The highest BCUT2D eigenvalue weighted by atomic mass is 79.9. The summed E-state index contributed by atoms with van der Waals surface area (Å²) < 4.78 is 15.8. The third kappa shape index (κ3) is 3.01. The molecule has 0 N–H and O–H groups in total. The van der Waals surface area contributed by atoms with Crippen LogP contribution >= 0.6 is 15.9 Å². The van der Waals surface area contributed by atoms with E-state index in [4.69, 9.17) is 5.26 Å². The van der Waals surface area contributed by atoms with Gasteiger partial charge in [0.25, 0.3) is 5.56 Å². The molecule has 0 unspecified atom stereocenters. The number of fused-ring (bicyclic) bond motifs is 1. The summed E-state index contributed by atoms with van der Waals surface area (Å²) in [5.41, 5.74) is 0.575. The van der Waals surface area contributed by atoms with Gasteiger partial charge in [0.15, 0.2) is 0 Å². The van der Waals surface area contributed by atoms with E-state index in [1.807, 2.05) is 6.07 Å². The Balaban J connectivity index is 2.16. The average Bonchev–Trinajstić information content (AvgIpc) is 2.54. The van der Waals surface area contributed by atoms with Crippen LogP contribution in [0.1, 0.15) is 11.3 Å². The average molecular weight is 372 g/mol. The molecule has 1 aromatic heterocycles. The van der Waals surface area contributed by atoms with Crippen molar-refractivity contribution >= 4 is 26.7 Å². The van der Waals surface area contributed by atoms with Gasteiger partial charge >= 0.3 is 0 Å². The predicted octanol–water partition coefficient (Wildman–Crippen LogP) is 3.41. The van der Waals surface area contributed by atoms with Crippen LogP contribution in [0.5, 0.6) is 0 Å². The number of halogens is 2. The summed E-state index contributed by atoms with van der Waals surface area (Å²) in [6.07, 6.45) is 0.0869. The zero-order valence-corrected chi connectivity index (χ0v) is 13.5. The maximum atomic E-state index is 14.0. The van der Waals surface area contributed by atoms with Crippen LogP contribution in [-0.2, 0) is 13.0 Å². The van der Waals surface area contributed by atoms with Gasteiger partial charge in [0, 0.05) is 15.4 Å². The van der Waals surface area contributed by atoms with E-state index in [0.717, 1.165) is 0 Å². The maximum Gasteiger partial charge on any atom is 0.274 e. The van der Waals surface area contributed by atoms with Gasteiger partial charge in [-0.25, -0.2) is 9.07 Å². The van der Waals surface area contributed by atoms with E-state index in [-0.39, 0.29) is 18.5 Å². The Morgan fingerprint density at radius 3 is 2.65 bits per heavy atom. The monoisotopic (exact) mass is 371 g/mol. The van der Waals surface area contributed by atoms with E-state index < -0.39 is 5.82 Å². The SMILES string of the molecule is N#CCc1nn(Cc2ccc(Br)cc2F)c(=O)c2ccccc12. The van der Waals surface area contributed by atoms with Crippen molar-refractivity contribution in [3.8, 4) is 6.07 Å². The third-order valence-corrected chi connectivity index (χ3v) is 4.02. The Morgan fingerprint density at radius 2 is 1.96 bits per heavy atom. The zero-order valence-electron chi connectivity index (χ0n) is 12.0. The van der Waals surface area contributed by atoms with Crippen LogP contribution in [0, 0.1) is 17.1 Å². The lowest BCUT2D eigenvalue weighted by Crippen LogP contribution is -2.25. The van der Waals surface area contributed by atoms with E-state index in [9.17, 15) is 9.18 Å². The maximum absolute atomic E-state index is 14.0. The largest absolute Gasteiger partial charge is 0.274 e. The first-order valence-corrected chi connectivity index (χ1v) is 7.69. The second-order valence-electron chi connectivity index (χ2n) is 5.03. The number of aromatic nitrogens is 2. The van der Waals surface area contributed by atoms with Crippen LogP contribution in [0.25, 0.3) is 10.8 Å². The van der Waals surface area contributed by atoms with Crippen molar-refractivity contribution < 1.29 is 4.39 Å². The molecule has 114 valence electrons. The van der Waals surface area contributed by atoms with Crippen LogP contribution in [0.4, 0.5) is 4.39 Å². The van der Waals surface area contributed by atoms with Crippen LogP contribution in [0.15, 0.2) is 51.7 Å². The Hall–Kier alpha value is -2.52. The van der Waals surface area contributed by atoms with Gasteiger partial charge in [-0.3, -0.25) is 4.79 Å². The highest BCUT2D eigenvalue weighted by Gasteiger charge is 2.12. The summed E-state index contributed by atoms with van der Waals surface area (Å²) in [5.74, 6) is -0.414. The molecule has 3 rings (SSSR count). The number of benzene rings is 2. The molecule has 23 heavy (non-hydrogen) atoms. The number of nitriles is 1. The quantitative estimate of drug-likeness (QED) is 0.708. The van der Waals surface area contributed by atoms with Crippen molar-refractivity contribution in [3.63, 3.8) is 0 Å². The molecule has 1 heterocycles. The number of hydrogen-bond donors (Lipinski definition) is 0. The molecule has 6 heteroatoms. The van der Waals surface area contributed by atoms with Crippen molar-refractivity contribution in [1.29, 1.82) is 5.26 Å². The first-order valence-electron chi connectivity index (χ1n) is 6.90. The van der Waals surface area contributed by atoms with Gasteiger partial charge in [0.2, 0.25) is 0 Å². The highest BCUT2D eigenvalue weighted by molar-refractivity contribution is 9.10. The molecule has 0 amide bonds. The summed E-state index contributed by atoms with van der Waals surface area (Å²) in [4.78, 5) is 12.6. The second-order valence-corrected chi connectivity index (χ2v) is 5.94. The topological polar surface area (TPSA) is 58.7 Å². The summed E-state index contributed by atoms with van der Waals surface area (Å²) in [5, 5.41) is 14.3. The van der Waals surface area contributed by atoms with Crippen LogP contribution < -0.4 is 5.56 Å². The first-order chi connectivity index (χ1) is 11.1. The van der Waals surface area contributed by atoms with Gasteiger partial charge in [0.1, 0.15) is 5.82 Å². The van der Waals surface area contributed by atoms with Crippen molar-refractivity contribution in [3.05, 3.63) is 74.4 Å². The molecular formula is C17H11BrFN3O. The Kier molecular flexibility index (Phi) is 4.22. The summed E-state index contributed by atoms with van der Waals surface area (Å²) in [7, 11) is 0. The van der Waals surface area contributed by atoms with Gasteiger partial charge in [-0.2, -0.15) is 10.4 Å². The molecule has 0 aliphatic carbocycles. The number of nitrogens with zero attached hydrogens (tertiary/aromatic N) is 3. The van der Waals surface area contributed by atoms with Crippen molar-refractivity contribution in [2.45, 2.75) is 13.0 Å². The Bertz CT molecular complexity index is 991. The highest BCUT2D eigenvalue weighted by Crippen LogP contribution is 2.17. The molecule has 2 aromatic carbocycles. The van der Waals surface area contributed by atoms with Gasteiger partial charge in [-0.05, 0) is 18.2 Å². The van der Waals surface area contributed by atoms with E-state index in [1.165, 1.54) is 10.7 Å². The first kappa shape index (κ1) is 15.4. The van der Waals surface area contributed by atoms with Crippen molar-refractivity contribution in [1.82, 2.24) is 9.78 Å². The molecular weight excluding hydrogens is 361 g/mol. The van der Waals surface area contributed by atoms with E-state index >= 15 is 0 Å². The van der Waals surface area contributed by atoms with Gasteiger partial charge in [-0.1, -0.05) is 40.2 Å². The minimum absolute atomic E-state index is 0.0151. The standard InChI is InChI=1S/C17H11BrFN3O/c18-12-6-5-11(15(19)9-12)10-22-17(23)14-4-2-1-3-13(14)16(21-22)7-8-20/h1-6,9H,7,10H2. The predicted molar refractivity (Wildman–Crippen MR) is 88.5 cm³/mol. The molecule has 0 aliphatic heterocycles. The van der Waals surface area contributed by atoms with Crippen molar-refractivity contribution in [2.75, 3.05) is 0 Å². The fourth-order valence-corrected chi connectivity index (χ4v) is 2.76. The Labute approximate surface area is 139 Å². The molecule has 0 bridgehead atoms. The van der Waals surface area contributed by atoms with Crippen LogP contribution in [-0.4, -0.2) is 9.78 Å². The Morgan fingerprint density at radius 1 is 1.22 bits per heavy atom. The summed E-state index contributed by atoms with van der Waals surface area (Å²) in [6.45, 7) is 0.0151. The summed E-state index contributed by atoms with van der Waals surface area (Å²) in [6, 6.07) is 13.7. The molecule has 0 spiro atoms. The van der Waals surface area contributed by atoms with E-state index in [1.54, 1.807) is 36.4 Å². The minimum atomic E-state index is -0.414. The fraction of sp³-hybridized carbons (Fsp3) is 0.118. The lowest BCUT2D eigenvalue weighted by atomic mass is 10.1. The fourth-order valence-electron chi connectivity index (χ4n) is 2.43. The molecule has 0 fully saturated rings. The lowest BCUT2D eigenvalue weighted by Gasteiger charge is -2.10. The molecule has 0 atom stereocenters. The second kappa shape index (κ2) is 6.31. The molecule has 0 saturated heterocycles. The van der Waals surface area contributed by atoms with Crippen LogP contribution in [0.3, 0.4) is 0 Å². The normalized spacial score (nSPS) is 10.7. The van der Waals surface area contributed by atoms with E-state index in [0.29, 0.717) is 26.5 Å². The molecule has 3 aromatic rings. The number of rotatable bonds is 3. The number of hydrogen-bond acceptors (Lipinski definition) is 3. The summed E-state index contributed by atoms with van der Waals surface area (Å²) >= 11 is 3.20.